The Bertz CT molecular complexity index is 1000. The smallest absolute Gasteiger partial charge is 0.173 e. The monoisotopic (exact) mass is 467 g/mol. The molecule has 0 saturated carbocycles. The van der Waals surface area contributed by atoms with Gasteiger partial charge in [-0.3, -0.25) is 4.79 Å². The van der Waals surface area contributed by atoms with Gasteiger partial charge in [0, 0.05) is 29.2 Å². The molecule has 1 unspecified atom stereocenters. The third kappa shape index (κ3) is 4.73. The van der Waals surface area contributed by atoms with Crippen LogP contribution in [0.25, 0.3) is 0 Å². The van der Waals surface area contributed by atoms with Gasteiger partial charge < -0.3 is 26.5 Å². The number of aryl methyl sites for hydroxylation is 1. The molecular formula is C25H26BrNO3. The molecule has 0 fully saturated rings. The van der Waals surface area contributed by atoms with Gasteiger partial charge >= 0.3 is 0 Å². The third-order valence-electron chi connectivity index (χ3n) is 5.66. The summed E-state index contributed by atoms with van der Waals surface area (Å²) in [4.78, 5) is 12.8. The second-order valence-electron chi connectivity index (χ2n) is 7.53. The molecule has 156 valence electrons. The highest BCUT2D eigenvalue weighted by atomic mass is 79.9. The minimum Gasteiger partial charge on any atom is -1.00 e. The molecule has 30 heavy (non-hydrogen) atoms. The van der Waals surface area contributed by atoms with Crippen molar-refractivity contribution in [1.82, 2.24) is 0 Å². The van der Waals surface area contributed by atoms with E-state index in [1.54, 1.807) is 14.2 Å². The van der Waals surface area contributed by atoms with E-state index in [2.05, 4.69) is 53.4 Å². The van der Waals surface area contributed by atoms with Gasteiger partial charge in [-0.05, 0) is 42.5 Å². The minimum absolute atomic E-state index is 0. The van der Waals surface area contributed by atoms with Crippen LogP contribution in [0.5, 0.6) is 11.5 Å². The predicted molar refractivity (Wildman–Crippen MR) is 112 cm³/mol. The molecule has 2 aromatic carbocycles. The molecule has 0 saturated heterocycles. The van der Waals surface area contributed by atoms with Gasteiger partial charge in [0.15, 0.2) is 36.2 Å². The Morgan fingerprint density at radius 2 is 1.60 bits per heavy atom. The van der Waals surface area contributed by atoms with E-state index in [9.17, 15) is 4.79 Å². The van der Waals surface area contributed by atoms with Crippen LogP contribution in [-0.4, -0.2) is 20.0 Å². The molecule has 1 aliphatic carbocycles. The number of benzene rings is 2. The van der Waals surface area contributed by atoms with Crippen molar-refractivity contribution in [3.05, 3.63) is 89.2 Å². The Kier molecular flexibility index (Phi) is 7.27. The van der Waals surface area contributed by atoms with Crippen molar-refractivity contribution in [3.63, 3.8) is 0 Å². The highest BCUT2D eigenvalue weighted by Crippen LogP contribution is 2.37. The zero-order chi connectivity index (χ0) is 20.2. The lowest BCUT2D eigenvalue weighted by Crippen LogP contribution is -3.00. The van der Waals surface area contributed by atoms with Crippen LogP contribution in [0.4, 0.5) is 0 Å². The molecule has 5 heteroatoms. The Morgan fingerprint density at radius 1 is 0.933 bits per heavy atom. The summed E-state index contributed by atoms with van der Waals surface area (Å²) in [5.74, 6) is 1.55. The van der Waals surface area contributed by atoms with Crippen molar-refractivity contribution in [2.75, 3.05) is 14.2 Å². The summed E-state index contributed by atoms with van der Waals surface area (Å²) in [5, 5.41) is 0. The van der Waals surface area contributed by atoms with E-state index < -0.39 is 0 Å². The molecule has 1 heterocycles. The SMILES string of the molecule is COc1cc2c(cc1OC)C(=O)C(CCc1cc[n+](Cc3ccccc3)cc1)C2.[Br-]. The first kappa shape index (κ1) is 22.0. The number of carbonyl (C=O) groups is 1. The minimum atomic E-state index is 0. The summed E-state index contributed by atoms with van der Waals surface area (Å²) in [7, 11) is 3.22. The van der Waals surface area contributed by atoms with Gasteiger partial charge in [-0.2, -0.15) is 0 Å². The van der Waals surface area contributed by atoms with Gasteiger partial charge in [-0.1, -0.05) is 30.3 Å². The highest BCUT2D eigenvalue weighted by molar-refractivity contribution is 6.02. The fourth-order valence-corrected chi connectivity index (χ4v) is 4.03. The van der Waals surface area contributed by atoms with Crippen molar-refractivity contribution in [2.24, 2.45) is 5.92 Å². The number of ketones is 1. The molecule has 1 aromatic heterocycles. The van der Waals surface area contributed by atoms with Gasteiger partial charge in [0.1, 0.15) is 0 Å². The van der Waals surface area contributed by atoms with Crippen molar-refractivity contribution in [1.29, 1.82) is 0 Å². The second-order valence-corrected chi connectivity index (χ2v) is 7.53. The van der Waals surface area contributed by atoms with Crippen LogP contribution in [0, 0.1) is 5.92 Å². The van der Waals surface area contributed by atoms with Gasteiger partial charge in [0.2, 0.25) is 0 Å². The Hall–Kier alpha value is -2.66. The average Bonchev–Trinajstić information content (AvgIpc) is 3.07. The lowest BCUT2D eigenvalue weighted by atomic mass is 9.96. The van der Waals surface area contributed by atoms with Crippen LogP contribution in [0.1, 0.15) is 33.5 Å². The van der Waals surface area contributed by atoms with E-state index in [4.69, 9.17) is 9.47 Å². The molecule has 4 rings (SSSR count). The summed E-state index contributed by atoms with van der Waals surface area (Å²) >= 11 is 0. The van der Waals surface area contributed by atoms with E-state index in [1.807, 2.05) is 18.2 Å². The van der Waals surface area contributed by atoms with E-state index in [0.29, 0.717) is 11.5 Å². The van der Waals surface area contributed by atoms with Gasteiger partial charge in [0.25, 0.3) is 0 Å². The summed E-state index contributed by atoms with van der Waals surface area (Å²) in [6, 6.07) is 18.5. The number of pyridine rings is 1. The van der Waals surface area contributed by atoms with Crippen LogP contribution in [0.15, 0.2) is 67.0 Å². The topological polar surface area (TPSA) is 39.4 Å². The quantitative estimate of drug-likeness (QED) is 0.487. The van der Waals surface area contributed by atoms with Gasteiger partial charge in [0.05, 0.1) is 14.2 Å². The van der Waals surface area contributed by atoms with Crippen LogP contribution in [0.2, 0.25) is 0 Å². The largest absolute Gasteiger partial charge is 1.00 e. The lowest BCUT2D eigenvalue weighted by Gasteiger charge is -2.09. The fourth-order valence-electron chi connectivity index (χ4n) is 4.03. The Balaban J connectivity index is 0.00000256. The molecule has 4 nitrogen and oxygen atoms in total. The van der Waals surface area contributed by atoms with Crippen LogP contribution in [-0.2, 0) is 19.4 Å². The normalized spacial score (nSPS) is 14.7. The van der Waals surface area contributed by atoms with E-state index in [0.717, 1.165) is 36.9 Å². The van der Waals surface area contributed by atoms with Gasteiger partial charge in [-0.25, -0.2) is 4.57 Å². The molecule has 0 aliphatic heterocycles. The fraction of sp³-hybridized carbons (Fsp3) is 0.280. The number of carbonyl (C=O) groups excluding carboxylic acids is 1. The second kappa shape index (κ2) is 9.90. The maximum absolute atomic E-state index is 12.8. The van der Waals surface area contributed by atoms with Crippen molar-refractivity contribution in [2.45, 2.75) is 25.8 Å². The van der Waals surface area contributed by atoms with Crippen molar-refractivity contribution < 1.29 is 35.8 Å². The maximum atomic E-state index is 12.8. The highest BCUT2D eigenvalue weighted by Gasteiger charge is 2.31. The number of fused-ring (bicyclic) bond motifs is 1. The molecule has 3 aromatic rings. The predicted octanol–water partition coefficient (Wildman–Crippen LogP) is 1.03. The average molecular weight is 468 g/mol. The number of aromatic nitrogens is 1. The first-order valence-corrected chi connectivity index (χ1v) is 9.99. The molecular weight excluding hydrogens is 442 g/mol. The Labute approximate surface area is 188 Å². The third-order valence-corrected chi connectivity index (χ3v) is 5.66. The van der Waals surface area contributed by atoms with Crippen LogP contribution in [0.3, 0.4) is 0 Å². The number of hydrogen-bond donors (Lipinski definition) is 0. The zero-order valence-electron chi connectivity index (χ0n) is 17.3. The molecule has 0 radical (unpaired) electrons. The molecule has 0 bridgehead atoms. The number of Topliss-reactive ketones (excluding diaryl/α,β-unsaturated/α-hetero) is 1. The standard InChI is InChI=1S/C25H26NO3.BrH/c1-28-23-15-21-14-20(25(27)22(21)16-24(23)29-2)9-8-18-10-12-26(13-11-18)17-19-6-4-3-5-7-19;/h3-7,10-13,15-16,20H,8-9,14,17H2,1-2H3;1H/q+1;/p-1. The lowest BCUT2D eigenvalue weighted by molar-refractivity contribution is -0.688. The van der Waals surface area contributed by atoms with Gasteiger partial charge in [-0.15, -0.1) is 0 Å². The zero-order valence-corrected chi connectivity index (χ0v) is 18.9. The molecule has 1 atom stereocenters. The molecule has 0 spiro atoms. The number of nitrogens with zero attached hydrogens (tertiary/aromatic N) is 1. The summed E-state index contributed by atoms with van der Waals surface area (Å²) in [6.07, 6.45) is 6.74. The van der Waals surface area contributed by atoms with E-state index in [-0.39, 0.29) is 28.7 Å². The molecule has 0 N–H and O–H groups in total. The molecule has 1 aliphatic rings. The molecule has 0 amide bonds. The van der Waals surface area contributed by atoms with Crippen molar-refractivity contribution in [3.8, 4) is 11.5 Å². The van der Waals surface area contributed by atoms with Crippen LogP contribution >= 0.6 is 0 Å². The van der Waals surface area contributed by atoms with Crippen LogP contribution < -0.4 is 31.0 Å². The van der Waals surface area contributed by atoms with E-state index in [1.165, 1.54) is 11.1 Å². The maximum Gasteiger partial charge on any atom is 0.173 e. The first-order chi connectivity index (χ1) is 14.2. The number of rotatable bonds is 7. The number of hydrogen-bond acceptors (Lipinski definition) is 3. The number of ether oxygens (including phenoxy) is 2. The number of halogens is 1. The first-order valence-electron chi connectivity index (χ1n) is 9.99. The number of methoxy groups -OCH3 is 2. The van der Waals surface area contributed by atoms with E-state index >= 15 is 0 Å². The van der Waals surface area contributed by atoms with Crippen molar-refractivity contribution >= 4 is 5.78 Å². The summed E-state index contributed by atoms with van der Waals surface area (Å²) in [6.45, 7) is 0.862. The Morgan fingerprint density at radius 3 is 2.27 bits per heavy atom. The summed E-state index contributed by atoms with van der Waals surface area (Å²) in [5.41, 5.74) is 4.38. The summed E-state index contributed by atoms with van der Waals surface area (Å²) < 4.78 is 12.9.